The summed E-state index contributed by atoms with van der Waals surface area (Å²) in [6, 6.07) is 16.5. The lowest BCUT2D eigenvalue weighted by molar-refractivity contribution is -0.130. The molecule has 0 bridgehead atoms. The SMILES string of the molecule is CCOc1cccc(/C=C(\C(=O)O)c2ccccc2)c1. The Morgan fingerprint density at radius 2 is 1.90 bits per heavy atom. The molecule has 1 N–H and O–H groups in total. The van der Waals surface area contributed by atoms with Crippen molar-refractivity contribution in [2.75, 3.05) is 6.61 Å². The smallest absolute Gasteiger partial charge is 0.336 e. The number of hydrogen-bond donors (Lipinski definition) is 1. The molecule has 0 fully saturated rings. The number of benzene rings is 2. The van der Waals surface area contributed by atoms with Crippen LogP contribution in [0.4, 0.5) is 0 Å². The summed E-state index contributed by atoms with van der Waals surface area (Å²) in [4.78, 5) is 11.4. The first-order chi connectivity index (χ1) is 9.70. The maximum atomic E-state index is 11.4. The number of carbonyl (C=O) groups is 1. The van der Waals surface area contributed by atoms with Gasteiger partial charge in [-0.3, -0.25) is 0 Å². The quantitative estimate of drug-likeness (QED) is 0.664. The van der Waals surface area contributed by atoms with Crippen molar-refractivity contribution in [3.05, 3.63) is 65.7 Å². The van der Waals surface area contributed by atoms with Crippen LogP contribution in [0.1, 0.15) is 18.1 Å². The molecule has 0 heterocycles. The minimum atomic E-state index is -0.946. The topological polar surface area (TPSA) is 46.5 Å². The van der Waals surface area contributed by atoms with Gasteiger partial charge in [0, 0.05) is 0 Å². The lowest BCUT2D eigenvalue weighted by Crippen LogP contribution is -1.99. The van der Waals surface area contributed by atoms with E-state index in [0.29, 0.717) is 12.2 Å². The van der Waals surface area contributed by atoms with Gasteiger partial charge in [0.05, 0.1) is 12.2 Å². The molecule has 20 heavy (non-hydrogen) atoms. The maximum Gasteiger partial charge on any atom is 0.336 e. The molecule has 3 nitrogen and oxygen atoms in total. The fourth-order valence-electron chi connectivity index (χ4n) is 1.91. The Morgan fingerprint density at radius 1 is 1.15 bits per heavy atom. The van der Waals surface area contributed by atoms with E-state index in [1.54, 1.807) is 18.2 Å². The van der Waals surface area contributed by atoms with Crippen LogP contribution in [-0.2, 0) is 4.79 Å². The summed E-state index contributed by atoms with van der Waals surface area (Å²) in [7, 11) is 0. The largest absolute Gasteiger partial charge is 0.494 e. The molecule has 2 aromatic rings. The predicted molar refractivity (Wildman–Crippen MR) is 79.6 cm³/mol. The third-order valence-electron chi connectivity index (χ3n) is 2.80. The average molecular weight is 268 g/mol. The number of hydrogen-bond acceptors (Lipinski definition) is 2. The summed E-state index contributed by atoms with van der Waals surface area (Å²) in [5, 5.41) is 9.36. The second-order valence-electron chi connectivity index (χ2n) is 4.23. The summed E-state index contributed by atoms with van der Waals surface area (Å²) >= 11 is 0. The van der Waals surface area contributed by atoms with E-state index in [-0.39, 0.29) is 5.57 Å². The molecule has 3 heteroatoms. The Labute approximate surface area is 118 Å². The molecule has 0 aromatic heterocycles. The number of carboxylic acids is 1. The van der Waals surface area contributed by atoms with Gasteiger partial charge in [-0.25, -0.2) is 4.79 Å². The molecule has 0 aliphatic rings. The van der Waals surface area contributed by atoms with Crippen molar-refractivity contribution in [1.82, 2.24) is 0 Å². The molecule has 0 saturated carbocycles. The van der Waals surface area contributed by atoms with Gasteiger partial charge in [-0.2, -0.15) is 0 Å². The fraction of sp³-hybridized carbons (Fsp3) is 0.118. The molecular formula is C17H16O3. The minimum absolute atomic E-state index is 0.263. The summed E-state index contributed by atoms with van der Waals surface area (Å²) in [6.07, 6.45) is 1.65. The first kappa shape index (κ1) is 13.9. The van der Waals surface area contributed by atoms with Gasteiger partial charge in [-0.1, -0.05) is 42.5 Å². The normalized spacial score (nSPS) is 11.2. The average Bonchev–Trinajstić information content (AvgIpc) is 2.46. The zero-order valence-corrected chi connectivity index (χ0v) is 11.2. The molecule has 0 amide bonds. The lowest BCUT2D eigenvalue weighted by Gasteiger charge is -2.05. The van der Waals surface area contributed by atoms with Crippen LogP contribution in [0, 0.1) is 0 Å². The van der Waals surface area contributed by atoms with Gasteiger partial charge in [-0.15, -0.1) is 0 Å². The second-order valence-corrected chi connectivity index (χ2v) is 4.23. The summed E-state index contributed by atoms with van der Waals surface area (Å²) < 4.78 is 5.42. The van der Waals surface area contributed by atoms with E-state index >= 15 is 0 Å². The van der Waals surface area contributed by atoms with E-state index in [1.807, 2.05) is 49.4 Å². The standard InChI is InChI=1S/C17H16O3/c1-2-20-15-10-6-7-13(11-15)12-16(17(18)19)14-8-4-3-5-9-14/h3-12H,2H2,1H3,(H,18,19)/b16-12-. The number of ether oxygens (including phenoxy) is 1. The van der Waals surface area contributed by atoms with Crippen molar-refractivity contribution in [1.29, 1.82) is 0 Å². The van der Waals surface area contributed by atoms with Gasteiger partial charge in [0.25, 0.3) is 0 Å². The molecule has 0 radical (unpaired) electrons. The fourth-order valence-corrected chi connectivity index (χ4v) is 1.91. The van der Waals surface area contributed by atoms with E-state index < -0.39 is 5.97 Å². The Hall–Kier alpha value is -2.55. The molecule has 0 unspecified atom stereocenters. The minimum Gasteiger partial charge on any atom is -0.494 e. The van der Waals surface area contributed by atoms with E-state index in [0.717, 1.165) is 11.3 Å². The van der Waals surface area contributed by atoms with Crippen molar-refractivity contribution in [3.63, 3.8) is 0 Å². The zero-order valence-electron chi connectivity index (χ0n) is 11.2. The Morgan fingerprint density at radius 3 is 2.55 bits per heavy atom. The molecule has 0 aliphatic carbocycles. The summed E-state index contributed by atoms with van der Waals surface area (Å²) in [5.41, 5.74) is 1.75. The molecule has 102 valence electrons. The van der Waals surface area contributed by atoms with Crippen LogP contribution in [0.2, 0.25) is 0 Å². The van der Waals surface area contributed by atoms with Gasteiger partial charge < -0.3 is 9.84 Å². The first-order valence-electron chi connectivity index (χ1n) is 6.44. The number of carboxylic acid groups (broad SMARTS) is 1. The van der Waals surface area contributed by atoms with Crippen LogP contribution in [0.15, 0.2) is 54.6 Å². The van der Waals surface area contributed by atoms with E-state index in [1.165, 1.54) is 0 Å². The highest BCUT2D eigenvalue weighted by atomic mass is 16.5. The van der Waals surface area contributed by atoms with Crippen LogP contribution in [-0.4, -0.2) is 17.7 Å². The number of rotatable bonds is 5. The van der Waals surface area contributed by atoms with E-state index in [2.05, 4.69) is 0 Å². The molecule has 0 spiro atoms. The zero-order chi connectivity index (χ0) is 14.4. The van der Waals surface area contributed by atoms with Gasteiger partial charge in [0.15, 0.2) is 0 Å². The van der Waals surface area contributed by atoms with Crippen molar-refractivity contribution in [2.24, 2.45) is 0 Å². The Balaban J connectivity index is 2.39. The van der Waals surface area contributed by atoms with Crippen LogP contribution in [0.3, 0.4) is 0 Å². The van der Waals surface area contributed by atoms with E-state index in [9.17, 15) is 9.90 Å². The van der Waals surface area contributed by atoms with Crippen LogP contribution >= 0.6 is 0 Å². The van der Waals surface area contributed by atoms with Crippen molar-refractivity contribution in [3.8, 4) is 5.75 Å². The van der Waals surface area contributed by atoms with Gasteiger partial charge in [0.1, 0.15) is 5.75 Å². The molecule has 0 saturated heterocycles. The van der Waals surface area contributed by atoms with Gasteiger partial charge >= 0.3 is 5.97 Å². The van der Waals surface area contributed by atoms with Crippen LogP contribution < -0.4 is 4.74 Å². The highest BCUT2D eigenvalue weighted by Crippen LogP contribution is 2.21. The predicted octanol–water partition coefficient (Wildman–Crippen LogP) is 3.71. The van der Waals surface area contributed by atoms with Crippen molar-refractivity contribution in [2.45, 2.75) is 6.92 Å². The molecule has 2 rings (SSSR count). The molecule has 2 aromatic carbocycles. The third kappa shape index (κ3) is 3.48. The van der Waals surface area contributed by atoms with Crippen LogP contribution in [0.5, 0.6) is 5.75 Å². The Bertz CT molecular complexity index is 615. The summed E-state index contributed by atoms with van der Waals surface area (Å²) in [5.74, 6) is -0.211. The highest BCUT2D eigenvalue weighted by Gasteiger charge is 2.09. The third-order valence-corrected chi connectivity index (χ3v) is 2.80. The van der Waals surface area contributed by atoms with Gasteiger partial charge in [-0.05, 0) is 36.3 Å². The van der Waals surface area contributed by atoms with Gasteiger partial charge in [0.2, 0.25) is 0 Å². The molecule has 0 aliphatic heterocycles. The first-order valence-corrected chi connectivity index (χ1v) is 6.44. The highest BCUT2D eigenvalue weighted by molar-refractivity contribution is 6.20. The number of aliphatic carboxylic acids is 1. The monoisotopic (exact) mass is 268 g/mol. The Kier molecular flexibility index (Phi) is 4.56. The summed E-state index contributed by atoms with van der Waals surface area (Å²) in [6.45, 7) is 2.49. The molecule has 0 atom stereocenters. The lowest BCUT2D eigenvalue weighted by atomic mass is 10.0. The maximum absolute atomic E-state index is 11.4. The molecular weight excluding hydrogens is 252 g/mol. The van der Waals surface area contributed by atoms with Crippen LogP contribution in [0.25, 0.3) is 11.6 Å². The van der Waals surface area contributed by atoms with Crippen molar-refractivity contribution >= 4 is 17.6 Å². The van der Waals surface area contributed by atoms with Crippen molar-refractivity contribution < 1.29 is 14.6 Å². The second kappa shape index (κ2) is 6.57. The van der Waals surface area contributed by atoms with E-state index in [4.69, 9.17) is 4.74 Å².